The molecule has 1 aromatic rings. The van der Waals surface area contributed by atoms with E-state index in [0.29, 0.717) is 5.88 Å². The maximum absolute atomic E-state index is 5.57. The van der Waals surface area contributed by atoms with E-state index < -0.39 is 0 Å². The van der Waals surface area contributed by atoms with Crippen molar-refractivity contribution in [3.63, 3.8) is 0 Å². The monoisotopic (exact) mass is 256 g/mol. The molecular formula is C9H12N4OS2. The van der Waals surface area contributed by atoms with Crippen LogP contribution in [-0.4, -0.2) is 33.8 Å². The van der Waals surface area contributed by atoms with E-state index in [0.717, 1.165) is 28.1 Å². The fourth-order valence-electron chi connectivity index (χ4n) is 1.21. The van der Waals surface area contributed by atoms with Crippen LogP contribution in [0.3, 0.4) is 0 Å². The molecule has 1 aliphatic rings. The van der Waals surface area contributed by atoms with Crippen molar-refractivity contribution in [1.82, 2.24) is 9.97 Å². The topological polar surface area (TPSA) is 73.4 Å². The summed E-state index contributed by atoms with van der Waals surface area (Å²) < 4.78 is 6.15. The van der Waals surface area contributed by atoms with Gasteiger partial charge in [-0.3, -0.25) is 4.99 Å². The van der Waals surface area contributed by atoms with Gasteiger partial charge in [0.25, 0.3) is 0 Å². The summed E-state index contributed by atoms with van der Waals surface area (Å²) in [6.07, 6.45) is 0. The first-order chi connectivity index (χ1) is 7.78. The number of ether oxygens (including phenoxy) is 1. The van der Waals surface area contributed by atoms with Gasteiger partial charge in [0.05, 0.1) is 19.3 Å². The number of nitrogen functional groups attached to an aromatic ring is 1. The fourth-order valence-corrected chi connectivity index (χ4v) is 3.11. The number of hydrogen-bond donors (Lipinski definition) is 1. The summed E-state index contributed by atoms with van der Waals surface area (Å²) in [4.78, 5) is 12.4. The zero-order valence-corrected chi connectivity index (χ0v) is 10.5. The molecule has 0 radical (unpaired) electrons. The molecule has 1 aromatic heterocycles. The summed E-state index contributed by atoms with van der Waals surface area (Å²) in [5.41, 5.74) is 6.44. The summed E-state index contributed by atoms with van der Waals surface area (Å²) >= 11 is 3.46. The maximum atomic E-state index is 5.57. The Morgan fingerprint density at radius 2 is 2.44 bits per heavy atom. The van der Waals surface area contributed by atoms with Gasteiger partial charge >= 0.3 is 0 Å². The highest BCUT2D eigenvalue weighted by atomic mass is 32.2. The van der Waals surface area contributed by atoms with Crippen molar-refractivity contribution in [2.24, 2.45) is 4.99 Å². The molecule has 86 valence electrons. The van der Waals surface area contributed by atoms with E-state index in [1.54, 1.807) is 36.7 Å². The minimum atomic E-state index is 0.246. The average molecular weight is 256 g/mol. The van der Waals surface area contributed by atoms with Crippen molar-refractivity contribution in [2.75, 3.05) is 25.1 Å². The highest BCUT2D eigenvalue weighted by Gasteiger charge is 2.09. The number of thioether (sulfide) groups is 2. The molecule has 0 saturated carbocycles. The van der Waals surface area contributed by atoms with Crippen LogP contribution in [0.2, 0.25) is 0 Å². The third-order valence-corrected chi connectivity index (χ3v) is 4.17. The molecule has 0 aliphatic carbocycles. The number of hydrogen-bond acceptors (Lipinski definition) is 7. The van der Waals surface area contributed by atoms with E-state index in [2.05, 4.69) is 15.0 Å². The summed E-state index contributed by atoms with van der Waals surface area (Å²) in [5, 5.41) is 0. The van der Waals surface area contributed by atoms with Gasteiger partial charge < -0.3 is 10.5 Å². The van der Waals surface area contributed by atoms with Crippen LogP contribution in [0.5, 0.6) is 5.88 Å². The van der Waals surface area contributed by atoms with Crippen LogP contribution in [0.1, 0.15) is 5.69 Å². The number of anilines is 1. The van der Waals surface area contributed by atoms with Gasteiger partial charge in [0.1, 0.15) is 4.38 Å². The lowest BCUT2D eigenvalue weighted by atomic mass is 10.4. The Bertz CT molecular complexity index is 410. The number of aliphatic imine (C=N–C) groups is 1. The minimum Gasteiger partial charge on any atom is -0.481 e. The number of methoxy groups -OCH3 is 1. The lowest BCUT2D eigenvalue weighted by Crippen LogP contribution is -2.01. The van der Waals surface area contributed by atoms with E-state index >= 15 is 0 Å². The number of rotatable bonds is 3. The Morgan fingerprint density at radius 3 is 3.12 bits per heavy atom. The Labute approximate surface area is 102 Å². The molecule has 7 heteroatoms. The van der Waals surface area contributed by atoms with Crippen LogP contribution in [-0.2, 0) is 5.75 Å². The Kier molecular flexibility index (Phi) is 3.89. The second kappa shape index (κ2) is 5.40. The molecule has 0 saturated heterocycles. The standard InChI is InChI=1S/C9H12N4OS2/c1-14-7-4-6(12-8(10)13-7)5-16-9-11-2-3-15-9/h4H,2-3,5H2,1H3,(H2,10,12,13). The van der Waals surface area contributed by atoms with Gasteiger partial charge in [0.2, 0.25) is 11.8 Å². The van der Waals surface area contributed by atoms with Crippen LogP contribution in [0.4, 0.5) is 5.95 Å². The zero-order chi connectivity index (χ0) is 11.4. The van der Waals surface area contributed by atoms with E-state index in [1.807, 2.05) is 0 Å². The van der Waals surface area contributed by atoms with Gasteiger partial charge in [0, 0.05) is 17.6 Å². The molecule has 0 bridgehead atoms. The Hall–Kier alpha value is -0.950. The molecule has 16 heavy (non-hydrogen) atoms. The van der Waals surface area contributed by atoms with Crippen LogP contribution in [0, 0.1) is 0 Å². The van der Waals surface area contributed by atoms with Crippen LogP contribution >= 0.6 is 23.5 Å². The van der Waals surface area contributed by atoms with Gasteiger partial charge in [-0.15, -0.1) is 0 Å². The molecule has 2 N–H and O–H groups in total. The number of aromatic nitrogens is 2. The van der Waals surface area contributed by atoms with Crippen molar-refractivity contribution in [2.45, 2.75) is 5.75 Å². The molecule has 2 heterocycles. The van der Waals surface area contributed by atoms with E-state index in [-0.39, 0.29) is 5.95 Å². The molecular weight excluding hydrogens is 244 g/mol. The second-order valence-electron chi connectivity index (χ2n) is 3.04. The smallest absolute Gasteiger partial charge is 0.223 e. The predicted molar refractivity (Wildman–Crippen MR) is 69.1 cm³/mol. The van der Waals surface area contributed by atoms with Crippen molar-refractivity contribution in [1.29, 1.82) is 0 Å². The Morgan fingerprint density at radius 1 is 1.56 bits per heavy atom. The average Bonchev–Trinajstić information content (AvgIpc) is 2.78. The van der Waals surface area contributed by atoms with Crippen molar-refractivity contribution >= 4 is 33.8 Å². The third-order valence-electron chi connectivity index (χ3n) is 1.88. The Balaban J connectivity index is 2.00. The highest BCUT2D eigenvalue weighted by Crippen LogP contribution is 2.25. The predicted octanol–water partition coefficient (Wildman–Crippen LogP) is 1.40. The molecule has 0 fully saturated rings. The molecule has 0 spiro atoms. The SMILES string of the molecule is COc1cc(CSC2=NCCS2)nc(N)n1. The fraction of sp³-hybridized carbons (Fsp3) is 0.444. The second-order valence-corrected chi connectivity index (χ2v) is 5.35. The minimum absolute atomic E-state index is 0.246. The quantitative estimate of drug-likeness (QED) is 0.881. The van der Waals surface area contributed by atoms with E-state index in [9.17, 15) is 0 Å². The number of nitrogens with two attached hydrogens (primary N) is 1. The van der Waals surface area contributed by atoms with Crippen molar-refractivity contribution in [3.05, 3.63) is 11.8 Å². The first-order valence-corrected chi connectivity index (χ1v) is 6.72. The van der Waals surface area contributed by atoms with Gasteiger partial charge in [0.15, 0.2) is 0 Å². The molecule has 0 aromatic carbocycles. The van der Waals surface area contributed by atoms with Gasteiger partial charge in [-0.05, 0) is 0 Å². The summed E-state index contributed by atoms with van der Waals surface area (Å²) in [6, 6.07) is 1.80. The van der Waals surface area contributed by atoms with E-state index in [1.165, 1.54) is 0 Å². The lowest BCUT2D eigenvalue weighted by Gasteiger charge is -2.04. The van der Waals surface area contributed by atoms with Gasteiger partial charge in [-0.1, -0.05) is 23.5 Å². The summed E-state index contributed by atoms with van der Waals surface area (Å²) in [5.74, 6) is 2.58. The summed E-state index contributed by atoms with van der Waals surface area (Å²) in [7, 11) is 1.57. The third kappa shape index (κ3) is 3.02. The number of nitrogens with zero attached hydrogens (tertiary/aromatic N) is 3. The molecule has 2 rings (SSSR count). The first-order valence-electron chi connectivity index (χ1n) is 4.75. The lowest BCUT2D eigenvalue weighted by molar-refractivity contribution is 0.397. The molecule has 1 aliphatic heterocycles. The normalized spacial score (nSPS) is 14.9. The van der Waals surface area contributed by atoms with Crippen LogP contribution in [0.15, 0.2) is 11.1 Å². The molecule has 0 unspecified atom stereocenters. The molecule has 0 amide bonds. The van der Waals surface area contributed by atoms with Crippen molar-refractivity contribution in [3.8, 4) is 5.88 Å². The van der Waals surface area contributed by atoms with Gasteiger partial charge in [-0.2, -0.15) is 4.98 Å². The summed E-state index contributed by atoms with van der Waals surface area (Å²) in [6.45, 7) is 0.919. The highest BCUT2D eigenvalue weighted by molar-refractivity contribution is 8.38. The van der Waals surface area contributed by atoms with Crippen molar-refractivity contribution < 1.29 is 4.74 Å². The largest absolute Gasteiger partial charge is 0.481 e. The van der Waals surface area contributed by atoms with Gasteiger partial charge in [-0.25, -0.2) is 4.98 Å². The molecule has 0 atom stereocenters. The van der Waals surface area contributed by atoms with Crippen LogP contribution < -0.4 is 10.5 Å². The maximum Gasteiger partial charge on any atom is 0.223 e. The first kappa shape index (κ1) is 11.5. The zero-order valence-electron chi connectivity index (χ0n) is 8.84. The molecule has 5 nitrogen and oxygen atoms in total. The van der Waals surface area contributed by atoms with E-state index in [4.69, 9.17) is 10.5 Å². The van der Waals surface area contributed by atoms with Crippen LogP contribution in [0.25, 0.3) is 0 Å².